The summed E-state index contributed by atoms with van der Waals surface area (Å²) in [6.45, 7) is 2.19. The van der Waals surface area contributed by atoms with Crippen molar-refractivity contribution in [2.24, 2.45) is 5.92 Å². The quantitative estimate of drug-likeness (QED) is 0.384. The number of aromatic nitrogens is 2. The molecule has 0 atom stereocenters. The molecule has 0 saturated carbocycles. The van der Waals surface area contributed by atoms with E-state index in [0.29, 0.717) is 25.6 Å². The number of nitrogens with zero attached hydrogens (tertiary/aromatic N) is 3. The van der Waals surface area contributed by atoms with Crippen LogP contribution in [0.25, 0.3) is 11.0 Å². The van der Waals surface area contributed by atoms with Crippen molar-refractivity contribution in [3.8, 4) is 5.75 Å². The number of benzene rings is 3. The van der Waals surface area contributed by atoms with Crippen LogP contribution in [-0.2, 0) is 13.2 Å². The Morgan fingerprint density at radius 3 is 2.47 bits per heavy atom. The van der Waals surface area contributed by atoms with Crippen LogP contribution in [0, 0.1) is 17.6 Å². The molecule has 0 radical (unpaired) electrons. The monoisotopic (exact) mass is 461 g/mol. The van der Waals surface area contributed by atoms with Crippen LogP contribution in [0.15, 0.2) is 72.8 Å². The van der Waals surface area contributed by atoms with Crippen molar-refractivity contribution in [3.63, 3.8) is 0 Å². The highest BCUT2D eigenvalue weighted by Gasteiger charge is 2.26. The average Bonchev–Trinajstić information content (AvgIpc) is 3.21. The van der Waals surface area contributed by atoms with Crippen LogP contribution >= 0.6 is 0 Å². The summed E-state index contributed by atoms with van der Waals surface area (Å²) in [6, 6.07) is 20.8. The number of para-hydroxylation sites is 3. The standard InChI is InChI=1S/C27H25F2N3O2/c28-20-10-11-22(23(29)16-20)27(33)31-14-12-19(13-15-31)17-32-25-9-5-4-8-24(25)30-26(32)18-34-21-6-2-1-3-7-21/h1-11,16,19H,12-15,17-18H2. The van der Waals surface area contributed by atoms with Crippen LogP contribution in [0.5, 0.6) is 5.75 Å². The third-order valence-electron chi connectivity index (χ3n) is 6.35. The Kier molecular flexibility index (Phi) is 6.25. The summed E-state index contributed by atoms with van der Waals surface area (Å²) in [6.07, 6.45) is 1.58. The maximum absolute atomic E-state index is 14.1. The van der Waals surface area contributed by atoms with Crippen LogP contribution in [0.4, 0.5) is 8.78 Å². The zero-order chi connectivity index (χ0) is 23.5. The molecule has 5 nitrogen and oxygen atoms in total. The Balaban J connectivity index is 1.28. The first-order valence-corrected chi connectivity index (χ1v) is 11.4. The maximum Gasteiger partial charge on any atom is 0.256 e. The van der Waals surface area contributed by atoms with E-state index in [4.69, 9.17) is 9.72 Å². The number of amides is 1. The molecule has 7 heteroatoms. The van der Waals surface area contributed by atoms with Crippen LogP contribution < -0.4 is 4.74 Å². The fourth-order valence-electron chi connectivity index (χ4n) is 4.51. The molecule has 1 amide bonds. The third-order valence-corrected chi connectivity index (χ3v) is 6.35. The van der Waals surface area contributed by atoms with Crippen molar-refractivity contribution in [2.75, 3.05) is 13.1 Å². The molecule has 2 heterocycles. The maximum atomic E-state index is 14.1. The molecule has 0 N–H and O–H groups in total. The number of carbonyl (C=O) groups is 1. The summed E-state index contributed by atoms with van der Waals surface area (Å²) in [5, 5.41) is 0. The number of piperidine rings is 1. The van der Waals surface area contributed by atoms with E-state index in [2.05, 4.69) is 10.6 Å². The van der Waals surface area contributed by atoms with Crippen molar-refractivity contribution in [1.29, 1.82) is 0 Å². The topological polar surface area (TPSA) is 47.4 Å². The average molecular weight is 462 g/mol. The van der Waals surface area contributed by atoms with Gasteiger partial charge in [-0.05, 0) is 55.2 Å². The summed E-state index contributed by atoms with van der Waals surface area (Å²) < 4.78 is 35.4. The molecule has 0 bridgehead atoms. The summed E-state index contributed by atoms with van der Waals surface area (Å²) in [5.41, 5.74) is 1.90. The number of rotatable bonds is 6. The largest absolute Gasteiger partial charge is 0.486 e. The minimum atomic E-state index is -0.819. The number of fused-ring (bicyclic) bond motifs is 1. The highest BCUT2D eigenvalue weighted by molar-refractivity contribution is 5.94. The first-order valence-electron chi connectivity index (χ1n) is 11.4. The highest BCUT2D eigenvalue weighted by atomic mass is 19.1. The van der Waals surface area contributed by atoms with E-state index in [9.17, 15) is 13.6 Å². The first-order chi connectivity index (χ1) is 16.6. The molecule has 34 heavy (non-hydrogen) atoms. The van der Waals surface area contributed by atoms with Crippen molar-refractivity contribution in [3.05, 3.63) is 95.8 Å². The van der Waals surface area contributed by atoms with E-state index in [1.807, 2.05) is 48.5 Å². The van der Waals surface area contributed by atoms with Gasteiger partial charge in [0.25, 0.3) is 5.91 Å². The van der Waals surface area contributed by atoms with E-state index < -0.39 is 11.6 Å². The van der Waals surface area contributed by atoms with Crippen LogP contribution in [-0.4, -0.2) is 33.4 Å². The molecule has 0 aliphatic carbocycles. The van der Waals surface area contributed by atoms with Gasteiger partial charge in [0.1, 0.15) is 29.8 Å². The predicted octanol–water partition coefficient (Wildman–Crippen LogP) is 5.45. The molecule has 1 aliphatic rings. The number of likely N-dealkylation sites (tertiary alicyclic amines) is 1. The minimum Gasteiger partial charge on any atom is -0.486 e. The van der Waals surface area contributed by atoms with E-state index in [1.165, 1.54) is 6.07 Å². The van der Waals surface area contributed by atoms with Crippen LogP contribution in [0.2, 0.25) is 0 Å². The van der Waals surface area contributed by atoms with Gasteiger partial charge in [-0.15, -0.1) is 0 Å². The second-order valence-electron chi connectivity index (χ2n) is 8.59. The lowest BCUT2D eigenvalue weighted by atomic mass is 9.96. The van der Waals surface area contributed by atoms with Gasteiger partial charge >= 0.3 is 0 Å². The molecule has 4 aromatic rings. The molecule has 3 aromatic carbocycles. The van der Waals surface area contributed by atoms with Gasteiger partial charge in [-0.1, -0.05) is 30.3 Å². The van der Waals surface area contributed by atoms with Gasteiger partial charge < -0.3 is 14.2 Å². The van der Waals surface area contributed by atoms with Crippen LogP contribution in [0.3, 0.4) is 0 Å². The van der Waals surface area contributed by atoms with Gasteiger partial charge in [-0.3, -0.25) is 4.79 Å². The van der Waals surface area contributed by atoms with Crippen molar-refractivity contribution < 1.29 is 18.3 Å². The van der Waals surface area contributed by atoms with Gasteiger partial charge in [0.05, 0.1) is 16.6 Å². The van der Waals surface area contributed by atoms with E-state index in [1.54, 1.807) is 4.90 Å². The fourth-order valence-corrected chi connectivity index (χ4v) is 4.51. The lowest BCUT2D eigenvalue weighted by Gasteiger charge is -2.32. The predicted molar refractivity (Wildman–Crippen MR) is 125 cm³/mol. The summed E-state index contributed by atoms with van der Waals surface area (Å²) in [5.74, 6) is 0.0986. The Hall–Kier alpha value is -3.74. The van der Waals surface area contributed by atoms with Gasteiger partial charge in [0.15, 0.2) is 0 Å². The Bertz CT molecular complexity index is 1300. The van der Waals surface area contributed by atoms with Gasteiger partial charge in [0, 0.05) is 25.7 Å². The van der Waals surface area contributed by atoms with Crippen molar-refractivity contribution in [1.82, 2.24) is 14.5 Å². The van der Waals surface area contributed by atoms with Crippen molar-refractivity contribution >= 4 is 16.9 Å². The van der Waals surface area contributed by atoms with Gasteiger partial charge in [-0.2, -0.15) is 0 Å². The van der Waals surface area contributed by atoms with Crippen molar-refractivity contribution in [2.45, 2.75) is 26.0 Å². The second kappa shape index (κ2) is 9.63. The summed E-state index contributed by atoms with van der Waals surface area (Å²) in [4.78, 5) is 19.2. The zero-order valence-corrected chi connectivity index (χ0v) is 18.7. The number of carbonyl (C=O) groups excluding carboxylic acids is 1. The molecule has 1 saturated heterocycles. The molecule has 0 unspecified atom stereocenters. The molecular formula is C27H25F2N3O2. The molecule has 1 fully saturated rings. The third kappa shape index (κ3) is 4.64. The number of halogens is 2. The van der Waals surface area contributed by atoms with E-state index >= 15 is 0 Å². The number of imidazole rings is 1. The first kappa shape index (κ1) is 22.1. The summed E-state index contributed by atoms with van der Waals surface area (Å²) >= 11 is 0. The van der Waals surface area contributed by atoms with E-state index in [0.717, 1.165) is 54.1 Å². The van der Waals surface area contributed by atoms with E-state index in [-0.39, 0.29) is 11.5 Å². The van der Waals surface area contributed by atoms with Gasteiger partial charge in [-0.25, -0.2) is 13.8 Å². The number of hydrogen-bond donors (Lipinski definition) is 0. The molecule has 1 aromatic heterocycles. The molecule has 174 valence electrons. The second-order valence-corrected chi connectivity index (χ2v) is 8.59. The Morgan fingerprint density at radius 2 is 1.71 bits per heavy atom. The zero-order valence-electron chi connectivity index (χ0n) is 18.7. The molecule has 5 rings (SSSR count). The molecule has 0 spiro atoms. The lowest BCUT2D eigenvalue weighted by molar-refractivity contribution is 0.0678. The highest BCUT2D eigenvalue weighted by Crippen LogP contribution is 2.26. The lowest BCUT2D eigenvalue weighted by Crippen LogP contribution is -2.39. The molecular weight excluding hydrogens is 436 g/mol. The number of hydrogen-bond acceptors (Lipinski definition) is 3. The summed E-state index contributed by atoms with van der Waals surface area (Å²) in [7, 11) is 0. The fraction of sp³-hybridized carbons (Fsp3) is 0.259. The Morgan fingerprint density at radius 1 is 0.971 bits per heavy atom. The number of ether oxygens (including phenoxy) is 1. The van der Waals surface area contributed by atoms with Crippen LogP contribution in [0.1, 0.15) is 29.0 Å². The minimum absolute atomic E-state index is 0.0826. The molecule has 1 aliphatic heterocycles. The SMILES string of the molecule is O=C(c1ccc(F)cc1F)N1CCC(Cn2c(COc3ccccc3)nc3ccccc32)CC1. The smallest absolute Gasteiger partial charge is 0.256 e. The Labute approximate surface area is 196 Å². The normalized spacial score (nSPS) is 14.5. The van der Waals surface area contributed by atoms with Gasteiger partial charge in [0.2, 0.25) is 0 Å².